The fourth-order valence-corrected chi connectivity index (χ4v) is 2.35. The van der Waals surface area contributed by atoms with Crippen LogP contribution in [0.2, 0.25) is 0 Å². The zero-order valence-electron chi connectivity index (χ0n) is 11.5. The number of nitrogens with zero attached hydrogens (tertiary/aromatic N) is 3. The van der Waals surface area contributed by atoms with E-state index in [4.69, 9.17) is 4.52 Å². The number of likely N-dealkylation sites (tertiary alicyclic amines) is 1. The molecule has 108 valence electrons. The van der Waals surface area contributed by atoms with Crippen LogP contribution < -0.4 is 0 Å². The van der Waals surface area contributed by atoms with Gasteiger partial charge in [-0.05, 0) is 18.8 Å². The van der Waals surface area contributed by atoms with Gasteiger partial charge >= 0.3 is 0 Å². The molecule has 19 heavy (non-hydrogen) atoms. The van der Waals surface area contributed by atoms with E-state index < -0.39 is 6.17 Å². The predicted molar refractivity (Wildman–Crippen MR) is 68.3 cm³/mol. The maximum atomic E-state index is 13.3. The lowest BCUT2D eigenvalue weighted by atomic mass is 10.1. The molecule has 6 heteroatoms. The van der Waals surface area contributed by atoms with Gasteiger partial charge in [-0.25, -0.2) is 4.39 Å². The zero-order chi connectivity index (χ0) is 13.8. The van der Waals surface area contributed by atoms with Gasteiger partial charge in [-0.3, -0.25) is 4.90 Å². The second kappa shape index (κ2) is 6.43. The standard InChI is InChI=1S/C13H22FN3O2/c1-9(2)3-4-12-15-13(19-16-12)7-17-6-10(14)5-11(17)8-18/h9-11,18H,3-8H2,1-2H3/t10-,11-/m0/s1. The van der Waals surface area contributed by atoms with E-state index in [1.165, 1.54) is 0 Å². The molecular formula is C13H22FN3O2. The molecule has 0 unspecified atom stereocenters. The van der Waals surface area contributed by atoms with E-state index in [-0.39, 0.29) is 12.6 Å². The predicted octanol–water partition coefficient (Wildman–Crippen LogP) is 1.56. The van der Waals surface area contributed by atoms with E-state index in [0.717, 1.165) is 12.8 Å². The third kappa shape index (κ3) is 3.98. The Morgan fingerprint density at radius 3 is 3.00 bits per heavy atom. The quantitative estimate of drug-likeness (QED) is 0.850. The first-order chi connectivity index (χ1) is 9.08. The van der Waals surface area contributed by atoms with E-state index in [1.807, 2.05) is 4.90 Å². The highest BCUT2D eigenvalue weighted by Crippen LogP contribution is 2.22. The highest BCUT2D eigenvalue weighted by Gasteiger charge is 2.32. The minimum absolute atomic E-state index is 0.0330. The van der Waals surface area contributed by atoms with Crippen molar-refractivity contribution in [2.75, 3.05) is 13.2 Å². The fourth-order valence-electron chi connectivity index (χ4n) is 2.35. The average molecular weight is 271 g/mol. The van der Waals surface area contributed by atoms with Gasteiger partial charge < -0.3 is 9.63 Å². The number of halogens is 1. The van der Waals surface area contributed by atoms with Gasteiger partial charge in [0.25, 0.3) is 0 Å². The van der Waals surface area contributed by atoms with Gasteiger partial charge in [0.2, 0.25) is 5.89 Å². The van der Waals surface area contributed by atoms with E-state index >= 15 is 0 Å². The van der Waals surface area contributed by atoms with Gasteiger partial charge in [-0.2, -0.15) is 4.98 Å². The molecule has 1 N–H and O–H groups in total. The summed E-state index contributed by atoms with van der Waals surface area (Å²) in [7, 11) is 0. The van der Waals surface area contributed by atoms with Crippen molar-refractivity contribution in [3.63, 3.8) is 0 Å². The summed E-state index contributed by atoms with van der Waals surface area (Å²) in [5.41, 5.74) is 0. The van der Waals surface area contributed by atoms with E-state index in [0.29, 0.717) is 37.1 Å². The Morgan fingerprint density at radius 1 is 1.53 bits per heavy atom. The highest BCUT2D eigenvalue weighted by atomic mass is 19.1. The summed E-state index contributed by atoms with van der Waals surface area (Å²) in [6.45, 7) is 5.01. The number of aromatic nitrogens is 2. The molecule has 0 amide bonds. The van der Waals surface area contributed by atoms with Crippen molar-refractivity contribution >= 4 is 0 Å². The minimum Gasteiger partial charge on any atom is -0.395 e. The topological polar surface area (TPSA) is 62.4 Å². The summed E-state index contributed by atoms with van der Waals surface area (Å²) in [5.74, 6) is 1.82. The maximum Gasteiger partial charge on any atom is 0.240 e. The summed E-state index contributed by atoms with van der Waals surface area (Å²) < 4.78 is 18.5. The first-order valence-corrected chi connectivity index (χ1v) is 6.89. The van der Waals surface area contributed by atoms with Crippen molar-refractivity contribution in [3.05, 3.63) is 11.7 Å². The van der Waals surface area contributed by atoms with Crippen molar-refractivity contribution in [1.29, 1.82) is 0 Å². The Hall–Kier alpha value is -1.01. The first kappa shape index (κ1) is 14.4. The number of hydrogen-bond acceptors (Lipinski definition) is 5. The molecule has 0 bridgehead atoms. The molecule has 2 heterocycles. The summed E-state index contributed by atoms with van der Waals surface area (Å²) in [5, 5.41) is 13.1. The normalized spacial score (nSPS) is 24.5. The molecule has 1 aliphatic heterocycles. The second-order valence-corrected chi connectivity index (χ2v) is 5.64. The second-order valence-electron chi connectivity index (χ2n) is 5.64. The Balaban J connectivity index is 1.89. The summed E-state index contributed by atoms with van der Waals surface area (Å²) >= 11 is 0. The monoisotopic (exact) mass is 271 g/mol. The van der Waals surface area contributed by atoms with Crippen molar-refractivity contribution in [1.82, 2.24) is 15.0 Å². The smallest absolute Gasteiger partial charge is 0.240 e. The lowest BCUT2D eigenvalue weighted by Crippen LogP contribution is -2.31. The number of aryl methyl sites for hydroxylation is 1. The molecule has 0 aliphatic carbocycles. The minimum atomic E-state index is -0.875. The highest BCUT2D eigenvalue weighted by molar-refractivity contribution is 4.91. The van der Waals surface area contributed by atoms with Crippen LogP contribution in [-0.4, -0.2) is 45.5 Å². The third-order valence-electron chi connectivity index (χ3n) is 3.48. The molecule has 1 aromatic heterocycles. The number of rotatable bonds is 6. The van der Waals surface area contributed by atoms with Gasteiger partial charge in [0.1, 0.15) is 6.17 Å². The SMILES string of the molecule is CC(C)CCc1noc(CN2C[C@@H](F)C[C@H]2CO)n1. The van der Waals surface area contributed by atoms with Crippen LogP contribution >= 0.6 is 0 Å². The molecule has 1 saturated heterocycles. The van der Waals surface area contributed by atoms with Crippen LogP contribution in [0, 0.1) is 5.92 Å². The molecule has 5 nitrogen and oxygen atoms in total. The van der Waals surface area contributed by atoms with Crippen molar-refractivity contribution in [3.8, 4) is 0 Å². The summed E-state index contributed by atoms with van der Waals surface area (Å²) in [4.78, 5) is 6.18. The van der Waals surface area contributed by atoms with E-state index in [9.17, 15) is 9.50 Å². The Bertz CT molecular complexity index is 397. The van der Waals surface area contributed by atoms with Crippen molar-refractivity contribution in [2.24, 2.45) is 5.92 Å². The van der Waals surface area contributed by atoms with Crippen LogP contribution in [0.25, 0.3) is 0 Å². The van der Waals surface area contributed by atoms with Gasteiger partial charge in [0.05, 0.1) is 13.2 Å². The van der Waals surface area contributed by atoms with Crippen molar-refractivity contribution < 1.29 is 14.0 Å². The molecule has 0 aromatic carbocycles. The number of aliphatic hydroxyl groups excluding tert-OH is 1. The van der Waals surface area contributed by atoms with Crippen LogP contribution in [0.4, 0.5) is 4.39 Å². The van der Waals surface area contributed by atoms with Gasteiger partial charge in [-0.15, -0.1) is 0 Å². The van der Waals surface area contributed by atoms with Gasteiger partial charge in [0, 0.05) is 19.0 Å². The molecule has 2 rings (SSSR count). The Morgan fingerprint density at radius 2 is 2.32 bits per heavy atom. The number of aliphatic hydroxyl groups is 1. The molecule has 1 fully saturated rings. The van der Waals surface area contributed by atoms with Crippen molar-refractivity contribution in [2.45, 2.75) is 51.9 Å². The molecule has 0 radical (unpaired) electrons. The fraction of sp³-hybridized carbons (Fsp3) is 0.846. The van der Waals surface area contributed by atoms with Gasteiger partial charge in [-0.1, -0.05) is 19.0 Å². The largest absolute Gasteiger partial charge is 0.395 e. The van der Waals surface area contributed by atoms with Crippen LogP contribution in [0.1, 0.15) is 38.4 Å². The van der Waals surface area contributed by atoms with E-state index in [1.54, 1.807) is 0 Å². The first-order valence-electron chi connectivity index (χ1n) is 6.89. The third-order valence-corrected chi connectivity index (χ3v) is 3.48. The molecule has 2 atom stereocenters. The lowest BCUT2D eigenvalue weighted by molar-refractivity contribution is 0.140. The van der Waals surface area contributed by atoms with E-state index in [2.05, 4.69) is 24.0 Å². The Labute approximate surface area is 112 Å². The van der Waals surface area contributed by atoms with Crippen LogP contribution in [0.5, 0.6) is 0 Å². The molecule has 1 aliphatic rings. The molecule has 0 spiro atoms. The number of hydrogen-bond donors (Lipinski definition) is 1. The maximum absolute atomic E-state index is 13.3. The molecular weight excluding hydrogens is 249 g/mol. The average Bonchev–Trinajstić information content (AvgIpc) is 2.94. The summed E-state index contributed by atoms with van der Waals surface area (Å²) in [6.07, 6.45) is 1.33. The van der Waals surface area contributed by atoms with Crippen LogP contribution in [0.15, 0.2) is 4.52 Å². The van der Waals surface area contributed by atoms with Crippen LogP contribution in [0.3, 0.4) is 0 Å². The van der Waals surface area contributed by atoms with Crippen LogP contribution in [-0.2, 0) is 13.0 Å². The zero-order valence-corrected chi connectivity index (χ0v) is 11.5. The summed E-state index contributed by atoms with van der Waals surface area (Å²) in [6, 6.07) is -0.138. The number of alkyl halides is 1. The van der Waals surface area contributed by atoms with Gasteiger partial charge in [0.15, 0.2) is 5.82 Å². The lowest BCUT2D eigenvalue weighted by Gasteiger charge is -2.19. The molecule has 1 aromatic rings. The molecule has 0 saturated carbocycles. The Kier molecular flexibility index (Phi) is 4.87.